The van der Waals surface area contributed by atoms with E-state index in [0.29, 0.717) is 11.4 Å². The van der Waals surface area contributed by atoms with Crippen LogP contribution in [0.4, 0.5) is 5.69 Å². The van der Waals surface area contributed by atoms with E-state index in [-0.39, 0.29) is 18.9 Å². The van der Waals surface area contributed by atoms with Crippen molar-refractivity contribution in [2.24, 2.45) is 0 Å². The van der Waals surface area contributed by atoms with Crippen molar-refractivity contribution < 1.29 is 18.3 Å². The predicted octanol–water partition coefficient (Wildman–Crippen LogP) is 0.630. The standard InChI is InChI=1S/C13H22N2O4S2/c1-15(9-11(16)10-19-2)21(17,18)8-7-20-13-6-4-3-5-12(13)14/h3-6,11,16H,7-10,14H2,1-2H3. The normalized spacial score (nSPS) is 13.5. The number of aliphatic hydroxyl groups is 1. The van der Waals surface area contributed by atoms with Gasteiger partial charge in [-0.3, -0.25) is 0 Å². The van der Waals surface area contributed by atoms with Crippen LogP contribution >= 0.6 is 11.8 Å². The predicted molar refractivity (Wildman–Crippen MR) is 85.9 cm³/mol. The largest absolute Gasteiger partial charge is 0.398 e. The van der Waals surface area contributed by atoms with Crippen molar-refractivity contribution in [3.8, 4) is 0 Å². The second-order valence-corrected chi connectivity index (χ2v) is 7.92. The Morgan fingerprint density at radius 1 is 1.43 bits per heavy atom. The first-order valence-electron chi connectivity index (χ1n) is 6.45. The van der Waals surface area contributed by atoms with Gasteiger partial charge in [0.05, 0.1) is 18.5 Å². The van der Waals surface area contributed by atoms with Crippen LogP contribution in [0, 0.1) is 0 Å². The van der Waals surface area contributed by atoms with Gasteiger partial charge in [0.25, 0.3) is 0 Å². The first-order chi connectivity index (χ1) is 9.86. The summed E-state index contributed by atoms with van der Waals surface area (Å²) in [6.07, 6.45) is -0.827. The number of likely N-dealkylation sites (N-methyl/N-ethyl adjacent to an activating group) is 1. The zero-order valence-corrected chi connectivity index (χ0v) is 13.9. The van der Waals surface area contributed by atoms with E-state index in [2.05, 4.69) is 0 Å². The number of rotatable bonds is 9. The van der Waals surface area contributed by atoms with Crippen LogP contribution in [-0.4, -0.2) is 62.7 Å². The van der Waals surface area contributed by atoms with Gasteiger partial charge in [0.2, 0.25) is 10.0 Å². The van der Waals surface area contributed by atoms with Gasteiger partial charge < -0.3 is 15.6 Å². The molecule has 0 amide bonds. The smallest absolute Gasteiger partial charge is 0.214 e. The van der Waals surface area contributed by atoms with Gasteiger partial charge in [-0.25, -0.2) is 12.7 Å². The number of hydrogen-bond donors (Lipinski definition) is 2. The quantitative estimate of drug-likeness (QED) is 0.508. The van der Waals surface area contributed by atoms with Gasteiger partial charge >= 0.3 is 0 Å². The summed E-state index contributed by atoms with van der Waals surface area (Å²) in [5.41, 5.74) is 6.44. The summed E-state index contributed by atoms with van der Waals surface area (Å²) in [5, 5.41) is 9.57. The molecule has 1 atom stereocenters. The van der Waals surface area contributed by atoms with Gasteiger partial charge in [-0.2, -0.15) is 0 Å². The molecule has 0 spiro atoms. The lowest BCUT2D eigenvalue weighted by Gasteiger charge is -2.20. The summed E-state index contributed by atoms with van der Waals surface area (Å²) in [4.78, 5) is 0.870. The Labute approximate surface area is 130 Å². The topological polar surface area (TPSA) is 92.9 Å². The average Bonchev–Trinajstić information content (AvgIpc) is 2.41. The maximum atomic E-state index is 12.1. The maximum Gasteiger partial charge on any atom is 0.214 e. The third-order valence-corrected chi connectivity index (χ3v) is 5.99. The van der Waals surface area contributed by atoms with Gasteiger partial charge in [0.1, 0.15) is 0 Å². The van der Waals surface area contributed by atoms with Crippen LogP contribution in [0.5, 0.6) is 0 Å². The van der Waals surface area contributed by atoms with E-state index >= 15 is 0 Å². The summed E-state index contributed by atoms with van der Waals surface area (Å²) in [5.74, 6) is 0.392. The number of nitrogens with zero attached hydrogens (tertiary/aromatic N) is 1. The van der Waals surface area contributed by atoms with Crippen molar-refractivity contribution >= 4 is 27.5 Å². The maximum absolute atomic E-state index is 12.1. The zero-order valence-electron chi connectivity index (χ0n) is 12.2. The Balaban J connectivity index is 2.47. The van der Waals surface area contributed by atoms with Gasteiger partial charge in [-0.1, -0.05) is 12.1 Å². The monoisotopic (exact) mass is 334 g/mol. The lowest BCUT2D eigenvalue weighted by atomic mass is 10.3. The Morgan fingerprint density at radius 3 is 2.71 bits per heavy atom. The minimum absolute atomic E-state index is 0.0117. The molecule has 1 rings (SSSR count). The fraction of sp³-hybridized carbons (Fsp3) is 0.538. The van der Waals surface area contributed by atoms with Gasteiger partial charge in [-0.05, 0) is 12.1 Å². The number of hydrogen-bond acceptors (Lipinski definition) is 6. The van der Waals surface area contributed by atoms with E-state index < -0.39 is 16.1 Å². The highest BCUT2D eigenvalue weighted by atomic mass is 32.2. The number of ether oxygens (including phenoxy) is 1. The molecule has 0 heterocycles. The minimum atomic E-state index is -3.40. The number of thioether (sulfide) groups is 1. The van der Waals surface area contributed by atoms with Crippen LogP contribution in [0.3, 0.4) is 0 Å². The van der Waals surface area contributed by atoms with Crippen molar-refractivity contribution in [3.63, 3.8) is 0 Å². The molecule has 1 unspecified atom stereocenters. The number of para-hydroxylation sites is 1. The molecule has 120 valence electrons. The third kappa shape index (κ3) is 6.23. The Kier molecular flexibility index (Phi) is 7.47. The Hall–Kier alpha value is -0.800. The highest BCUT2D eigenvalue weighted by molar-refractivity contribution is 8.00. The highest BCUT2D eigenvalue weighted by Crippen LogP contribution is 2.24. The van der Waals surface area contributed by atoms with Gasteiger partial charge in [-0.15, -0.1) is 11.8 Å². The number of sulfonamides is 1. The van der Waals surface area contributed by atoms with Crippen molar-refractivity contribution in [1.82, 2.24) is 4.31 Å². The first kappa shape index (κ1) is 18.2. The molecule has 6 nitrogen and oxygen atoms in total. The second-order valence-electron chi connectivity index (χ2n) is 4.59. The highest BCUT2D eigenvalue weighted by Gasteiger charge is 2.20. The molecule has 0 aliphatic rings. The zero-order chi connectivity index (χ0) is 15.9. The van der Waals surface area contributed by atoms with Crippen molar-refractivity contribution in [3.05, 3.63) is 24.3 Å². The number of nitrogen functional groups attached to an aromatic ring is 1. The lowest BCUT2D eigenvalue weighted by Crippen LogP contribution is -2.37. The molecule has 21 heavy (non-hydrogen) atoms. The number of nitrogens with two attached hydrogens (primary N) is 1. The number of benzene rings is 1. The molecule has 0 radical (unpaired) electrons. The number of methoxy groups -OCH3 is 1. The van der Waals surface area contributed by atoms with Crippen molar-refractivity contribution in [1.29, 1.82) is 0 Å². The summed E-state index contributed by atoms with van der Waals surface area (Å²) in [6.45, 7) is 0.128. The summed E-state index contributed by atoms with van der Waals surface area (Å²) >= 11 is 1.40. The van der Waals surface area contributed by atoms with E-state index in [1.54, 1.807) is 6.07 Å². The molecule has 0 saturated heterocycles. The van der Waals surface area contributed by atoms with E-state index in [0.717, 1.165) is 9.20 Å². The molecular weight excluding hydrogens is 312 g/mol. The molecule has 0 aliphatic heterocycles. The molecule has 0 saturated carbocycles. The summed E-state index contributed by atoms with van der Waals surface area (Å²) < 4.78 is 30.1. The lowest BCUT2D eigenvalue weighted by molar-refractivity contribution is 0.0554. The molecule has 0 fully saturated rings. The second kappa shape index (κ2) is 8.60. The molecule has 0 aromatic heterocycles. The molecule has 8 heteroatoms. The molecule has 3 N–H and O–H groups in total. The summed E-state index contributed by atoms with van der Waals surface area (Å²) in [6, 6.07) is 7.34. The van der Waals surface area contributed by atoms with Crippen LogP contribution in [0.15, 0.2) is 29.2 Å². The SMILES string of the molecule is COCC(O)CN(C)S(=O)(=O)CCSc1ccccc1N. The fourth-order valence-electron chi connectivity index (χ4n) is 1.68. The van der Waals surface area contributed by atoms with E-state index in [9.17, 15) is 13.5 Å². The Morgan fingerprint density at radius 2 is 2.10 bits per heavy atom. The van der Waals surface area contributed by atoms with Crippen LogP contribution in [-0.2, 0) is 14.8 Å². The average molecular weight is 334 g/mol. The van der Waals surface area contributed by atoms with Crippen molar-refractivity contribution in [2.45, 2.75) is 11.0 Å². The Bertz CT molecular complexity index is 537. The van der Waals surface area contributed by atoms with Crippen LogP contribution in [0.25, 0.3) is 0 Å². The molecule has 0 aliphatic carbocycles. The van der Waals surface area contributed by atoms with Gasteiger partial charge in [0.15, 0.2) is 0 Å². The van der Waals surface area contributed by atoms with Crippen LogP contribution in [0.2, 0.25) is 0 Å². The van der Waals surface area contributed by atoms with Gasteiger partial charge in [0, 0.05) is 37.0 Å². The van der Waals surface area contributed by atoms with Crippen molar-refractivity contribution in [2.75, 3.05) is 44.5 Å². The first-order valence-corrected chi connectivity index (χ1v) is 9.04. The van der Waals surface area contributed by atoms with Crippen LogP contribution in [0.1, 0.15) is 0 Å². The molecule has 0 bridgehead atoms. The van der Waals surface area contributed by atoms with E-state index in [4.69, 9.17) is 10.5 Å². The fourth-order valence-corrected chi connectivity index (χ4v) is 4.20. The number of anilines is 1. The van der Waals surface area contributed by atoms with E-state index in [1.165, 1.54) is 25.9 Å². The third-order valence-electron chi connectivity index (χ3n) is 2.82. The molecular formula is C13H22N2O4S2. The molecule has 1 aromatic carbocycles. The minimum Gasteiger partial charge on any atom is -0.398 e. The molecule has 1 aromatic rings. The number of aliphatic hydroxyl groups excluding tert-OH is 1. The van der Waals surface area contributed by atoms with E-state index in [1.807, 2.05) is 18.2 Å². The van der Waals surface area contributed by atoms with Crippen LogP contribution < -0.4 is 5.73 Å². The summed E-state index contributed by atoms with van der Waals surface area (Å²) in [7, 11) is -0.489.